The first-order valence-electron chi connectivity index (χ1n) is 4.10. The fraction of sp³-hybridized carbons (Fsp3) is 1.00. The average Bonchev–Trinajstić information content (AvgIpc) is 1.89. The predicted molar refractivity (Wildman–Crippen MR) is 41.9 cm³/mol. The van der Waals surface area contributed by atoms with E-state index in [0.29, 0.717) is 0 Å². The first kappa shape index (κ1) is 9.92. The summed E-state index contributed by atoms with van der Waals surface area (Å²) in [7, 11) is 0. The van der Waals surface area contributed by atoms with Crippen molar-refractivity contribution in [3.8, 4) is 0 Å². The second kappa shape index (κ2) is 7.03. The predicted octanol–water partition coefficient (Wildman–Crippen LogP) is 1.31. The van der Waals surface area contributed by atoms with E-state index in [-0.39, 0.29) is 12.7 Å². The summed E-state index contributed by atoms with van der Waals surface area (Å²) in [6, 6.07) is 0. The minimum atomic E-state index is -0.142. The molecule has 0 aliphatic carbocycles. The van der Waals surface area contributed by atoms with Gasteiger partial charge in [-0.05, 0) is 25.7 Å². The van der Waals surface area contributed by atoms with Gasteiger partial charge in [0.05, 0.1) is 6.10 Å². The summed E-state index contributed by atoms with van der Waals surface area (Å²) in [6.07, 6.45) is 4.40. The molecule has 2 nitrogen and oxygen atoms in total. The van der Waals surface area contributed by atoms with Crippen molar-refractivity contribution in [3.63, 3.8) is 0 Å². The van der Waals surface area contributed by atoms with Crippen molar-refractivity contribution in [2.24, 2.45) is 0 Å². The van der Waals surface area contributed by atoms with Crippen molar-refractivity contribution >= 4 is 0 Å². The van der Waals surface area contributed by atoms with E-state index < -0.39 is 0 Å². The van der Waals surface area contributed by atoms with Gasteiger partial charge < -0.3 is 10.2 Å². The normalized spacial score (nSPS) is 13.5. The quantitative estimate of drug-likeness (QED) is 0.555. The highest BCUT2D eigenvalue weighted by molar-refractivity contribution is 4.53. The molecule has 62 valence electrons. The standard InChI is InChI=1S/C8H18O2/c1-2-5-8(10)6-3-4-7-9/h8-10H,2-7H2,1H3/t8-/m0/s1. The summed E-state index contributed by atoms with van der Waals surface area (Å²) in [5.41, 5.74) is 0. The molecule has 1 atom stereocenters. The molecular formula is C8H18O2. The van der Waals surface area contributed by atoms with Crippen LogP contribution in [-0.4, -0.2) is 22.9 Å². The van der Waals surface area contributed by atoms with Gasteiger partial charge in [0.15, 0.2) is 0 Å². The number of rotatable bonds is 6. The van der Waals surface area contributed by atoms with E-state index in [9.17, 15) is 5.11 Å². The number of aliphatic hydroxyl groups is 2. The molecule has 0 heterocycles. The number of aliphatic hydroxyl groups excluding tert-OH is 2. The van der Waals surface area contributed by atoms with E-state index in [1.807, 2.05) is 0 Å². The van der Waals surface area contributed by atoms with Crippen LogP contribution in [0.3, 0.4) is 0 Å². The highest BCUT2D eigenvalue weighted by Crippen LogP contribution is 2.05. The van der Waals surface area contributed by atoms with Gasteiger partial charge in [0.25, 0.3) is 0 Å². The van der Waals surface area contributed by atoms with Crippen molar-refractivity contribution in [2.45, 2.75) is 45.1 Å². The Labute approximate surface area is 62.9 Å². The van der Waals surface area contributed by atoms with Crippen LogP contribution in [0.5, 0.6) is 0 Å². The maximum absolute atomic E-state index is 9.19. The third-order valence-electron chi connectivity index (χ3n) is 1.57. The van der Waals surface area contributed by atoms with E-state index in [4.69, 9.17) is 5.11 Å². The van der Waals surface area contributed by atoms with Gasteiger partial charge in [-0.25, -0.2) is 0 Å². The maximum Gasteiger partial charge on any atom is 0.0540 e. The molecule has 0 aromatic rings. The molecule has 0 radical (unpaired) electrons. The Kier molecular flexibility index (Phi) is 6.98. The zero-order valence-electron chi connectivity index (χ0n) is 6.71. The Hall–Kier alpha value is -0.0800. The molecule has 0 unspecified atom stereocenters. The molecule has 0 fully saturated rings. The summed E-state index contributed by atoms with van der Waals surface area (Å²) in [6.45, 7) is 2.31. The molecule has 0 aromatic heterocycles. The Balaban J connectivity index is 2.97. The highest BCUT2D eigenvalue weighted by atomic mass is 16.3. The van der Waals surface area contributed by atoms with Gasteiger partial charge in [-0.2, -0.15) is 0 Å². The molecule has 0 rings (SSSR count). The molecular weight excluding hydrogens is 128 g/mol. The fourth-order valence-corrected chi connectivity index (χ4v) is 0.969. The maximum atomic E-state index is 9.19. The largest absolute Gasteiger partial charge is 0.396 e. The minimum absolute atomic E-state index is 0.142. The van der Waals surface area contributed by atoms with Gasteiger partial charge in [-0.1, -0.05) is 13.3 Å². The van der Waals surface area contributed by atoms with Gasteiger partial charge in [0.2, 0.25) is 0 Å². The van der Waals surface area contributed by atoms with E-state index in [0.717, 1.165) is 32.1 Å². The summed E-state index contributed by atoms with van der Waals surface area (Å²) in [4.78, 5) is 0. The Morgan fingerprint density at radius 3 is 2.40 bits per heavy atom. The summed E-state index contributed by atoms with van der Waals surface area (Å²) in [5.74, 6) is 0. The van der Waals surface area contributed by atoms with Gasteiger partial charge in [0, 0.05) is 6.61 Å². The molecule has 2 heteroatoms. The van der Waals surface area contributed by atoms with Crippen molar-refractivity contribution in [1.82, 2.24) is 0 Å². The second-order valence-electron chi connectivity index (χ2n) is 2.66. The van der Waals surface area contributed by atoms with Gasteiger partial charge in [0.1, 0.15) is 0 Å². The van der Waals surface area contributed by atoms with E-state index >= 15 is 0 Å². The Bertz CT molecular complexity index is 64.3. The van der Waals surface area contributed by atoms with Crippen LogP contribution in [0.2, 0.25) is 0 Å². The third kappa shape index (κ3) is 6.05. The first-order chi connectivity index (χ1) is 4.81. The van der Waals surface area contributed by atoms with E-state index in [1.54, 1.807) is 0 Å². The summed E-state index contributed by atoms with van der Waals surface area (Å²) >= 11 is 0. The highest BCUT2D eigenvalue weighted by Gasteiger charge is 2.00. The molecule has 0 amide bonds. The minimum Gasteiger partial charge on any atom is -0.396 e. The molecule has 0 saturated carbocycles. The average molecular weight is 146 g/mol. The third-order valence-corrected chi connectivity index (χ3v) is 1.57. The van der Waals surface area contributed by atoms with Crippen molar-refractivity contribution in [1.29, 1.82) is 0 Å². The molecule has 0 aliphatic heterocycles. The zero-order chi connectivity index (χ0) is 7.82. The number of hydrogen-bond donors (Lipinski definition) is 2. The topological polar surface area (TPSA) is 40.5 Å². The second-order valence-corrected chi connectivity index (χ2v) is 2.66. The van der Waals surface area contributed by atoms with Crippen molar-refractivity contribution in [2.75, 3.05) is 6.61 Å². The SMILES string of the molecule is CCC[C@H](O)CCCCO. The molecule has 0 aromatic carbocycles. The Morgan fingerprint density at radius 1 is 1.20 bits per heavy atom. The molecule has 2 N–H and O–H groups in total. The lowest BCUT2D eigenvalue weighted by Crippen LogP contribution is -2.05. The van der Waals surface area contributed by atoms with Crippen LogP contribution in [0.4, 0.5) is 0 Å². The van der Waals surface area contributed by atoms with Crippen LogP contribution >= 0.6 is 0 Å². The van der Waals surface area contributed by atoms with Crippen LogP contribution in [0.15, 0.2) is 0 Å². The van der Waals surface area contributed by atoms with E-state index in [2.05, 4.69) is 6.92 Å². The lowest BCUT2D eigenvalue weighted by atomic mass is 10.1. The zero-order valence-corrected chi connectivity index (χ0v) is 6.71. The van der Waals surface area contributed by atoms with Crippen LogP contribution < -0.4 is 0 Å². The molecule has 0 spiro atoms. The Morgan fingerprint density at radius 2 is 1.90 bits per heavy atom. The number of unbranched alkanes of at least 4 members (excludes halogenated alkanes) is 1. The van der Waals surface area contributed by atoms with Crippen LogP contribution in [0, 0.1) is 0 Å². The van der Waals surface area contributed by atoms with Gasteiger partial charge in [-0.15, -0.1) is 0 Å². The smallest absolute Gasteiger partial charge is 0.0540 e. The monoisotopic (exact) mass is 146 g/mol. The first-order valence-corrected chi connectivity index (χ1v) is 4.10. The molecule has 0 aliphatic rings. The molecule has 0 saturated heterocycles. The number of hydrogen-bond acceptors (Lipinski definition) is 2. The lowest BCUT2D eigenvalue weighted by molar-refractivity contribution is 0.147. The molecule has 0 bridgehead atoms. The van der Waals surface area contributed by atoms with Crippen LogP contribution in [-0.2, 0) is 0 Å². The molecule has 10 heavy (non-hydrogen) atoms. The van der Waals surface area contributed by atoms with Crippen molar-refractivity contribution < 1.29 is 10.2 Å². The summed E-state index contributed by atoms with van der Waals surface area (Å²) < 4.78 is 0. The van der Waals surface area contributed by atoms with Gasteiger partial charge >= 0.3 is 0 Å². The van der Waals surface area contributed by atoms with Gasteiger partial charge in [-0.3, -0.25) is 0 Å². The fourth-order valence-electron chi connectivity index (χ4n) is 0.969. The summed E-state index contributed by atoms with van der Waals surface area (Å²) in [5, 5.41) is 17.6. The van der Waals surface area contributed by atoms with Crippen molar-refractivity contribution in [3.05, 3.63) is 0 Å². The van der Waals surface area contributed by atoms with E-state index in [1.165, 1.54) is 0 Å². The van der Waals surface area contributed by atoms with Crippen LogP contribution in [0.25, 0.3) is 0 Å². The lowest BCUT2D eigenvalue weighted by Gasteiger charge is -2.06. The van der Waals surface area contributed by atoms with Crippen LogP contribution in [0.1, 0.15) is 39.0 Å².